The van der Waals surface area contributed by atoms with Crippen molar-refractivity contribution in [1.82, 2.24) is 9.62 Å². The lowest BCUT2D eigenvalue weighted by Gasteiger charge is -2.42. The SMILES string of the molecule is CS(=O)(=O)N[C@H]1CCCN2COc3c(F)cccc3C3CCC(CC3)OC[C@@H]12. The van der Waals surface area contributed by atoms with Crippen LogP contribution in [0.1, 0.15) is 50.0 Å². The standard InChI is InChI=1S/C20H29FN2O4S/c1-28(24,25)22-18-6-3-11-23-13-27-20-16(4-2-5-17(20)21)14-7-9-15(10-8-14)26-12-19(18)23/h2,4-5,14-15,18-19,22H,3,6-13H2,1H3/t14?,15?,18-,19-/m0/s1. The Bertz CT molecular complexity index is 795. The highest BCUT2D eigenvalue weighted by Crippen LogP contribution is 2.40. The molecule has 4 aliphatic rings. The third-order valence-corrected chi connectivity index (χ3v) is 6.98. The lowest BCUT2D eigenvalue weighted by molar-refractivity contribution is -0.0481. The van der Waals surface area contributed by atoms with Crippen molar-refractivity contribution in [2.24, 2.45) is 0 Å². The van der Waals surface area contributed by atoms with E-state index >= 15 is 0 Å². The normalized spacial score (nSPS) is 31.8. The Kier molecular flexibility index (Phi) is 5.92. The number of nitrogens with zero attached hydrogens (tertiary/aromatic N) is 1. The van der Waals surface area contributed by atoms with Crippen LogP contribution in [0.2, 0.25) is 0 Å². The van der Waals surface area contributed by atoms with E-state index in [9.17, 15) is 12.8 Å². The van der Waals surface area contributed by atoms with Crippen molar-refractivity contribution in [3.63, 3.8) is 0 Å². The van der Waals surface area contributed by atoms with Crippen LogP contribution in [0.4, 0.5) is 4.39 Å². The second-order valence-electron chi connectivity index (χ2n) is 8.26. The third kappa shape index (κ3) is 4.50. The second-order valence-corrected chi connectivity index (χ2v) is 10.0. The van der Waals surface area contributed by atoms with Gasteiger partial charge in [0.15, 0.2) is 11.6 Å². The molecule has 2 bridgehead atoms. The van der Waals surface area contributed by atoms with Gasteiger partial charge < -0.3 is 9.47 Å². The van der Waals surface area contributed by atoms with Gasteiger partial charge in [-0.3, -0.25) is 4.90 Å². The van der Waals surface area contributed by atoms with Crippen LogP contribution in [0.3, 0.4) is 0 Å². The van der Waals surface area contributed by atoms with Gasteiger partial charge in [0.05, 0.1) is 25.0 Å². The molecule has 3 heterocycles. The van der Waals surface area contributed by atoms with Crippen LogP contribution in [0.25, 0.3) is 0 Å². The quantitative estimate of drug-likeness (QED) is 0.809. The molecule has 8 heteroatoms. The summed E-state index contributed by atoms with van der Waals surface area (Å²) >= 11 is 0. The first kappa shape index (κ1) is 20.1. The molecule has 1 N–H and O–H groups in total. The van der Waals surface area contributed by atoms with Gasteiger partial charge in [0.25, 0.3) is 0 Å². The summed E-state index contributed by atoms with van der Waals surface area (Å²) in [6.07, 6.45) is 6.73. The maximum absolute atomic E-state index is 14.6. The Hall–Kier alpha value is -1.22. The largest absolute Gasteiger partial charge is 0.475 e. The average Bonchev–Trinajstić information content (AvgIpc) is 2.64. The summed E-state index contributed by atoms with van der Waals surface area (Å²) in [6.45, 7) is 1.45. The van der Waals surface area contributed by atoms with Crippen molar-refractivity contribution < 1.29 is 22.3 Å². The number of piperidine rings is 1. The summed E-state index contributed by atoms with van der Waals surface area (Å²) in [4.78, 5) is 2.08. The van der Waals surface area contributed by atoms with Crippen molar-refractivity contribution in [3.8, 4) is 5.75 Å². The zero-order valence-electron chi connectivity index (χ0n) is 16.3. The zero-order chi connectivity index (χ0) is 19.7. The molecule has 1 saturated heterocycles. The molecule has 2 fully saturated rings. The monoisotopic (exact) mass is 412 g/mol. The first-order chi connectivity index (χ1) is 13.4. The Morgan fingerprint density at radius 1 is 1.18 bits per heavy atom. The average molecular weight is 413 g/mol. The Morgan fingerprint density at radius 3 is 2.71 bits per heavy atom. The molecule has 1 aliphatic carbocycles. The molecule has 0 amide bonds. The summed E-state index contributed by atoms with van der Waals surface area (Å²) in [5.74, 6) is 0.318. The molecular weight excluding hydrogens is 383 g/mol. The lowest BCUT2D eigenvalue weighted by Crippen LogP contribution is -2.58. The van der Waals surface area contributed by atoms with E-state index in [1.54, 1.807) is 6.07 Å². The first-order valence-electron chi connectivity index (χ1n) is 10.1. The first-order valence-corrected chi connectivity index (χ1v) is 12.0. The van der Waals surface area contributed by atoms with Crippen LogP contribution in [0.5, 0.6) is 5.75 Å². The summed E-state index contributed by atoms with van der Waals surface area (Å²) in [5.41, 5.74) is 0.943. The number of hydrogen-bond acceptors (Lipinski definition) is 5. The van der Waals surface area contributed by atoms with Gasteiger partial charge in [-0.05, 0) is 50.5 Å². The number of halogens is 1. The van der Waals surface area contributed by atoms with E-state index in [2.05, 4.69) is 9.62 Å². The van der Waals surface area contributed by atoms with Gasteiger partial charge >= 0.3 is 0 Å². The molecule has 1 saturated carbocycles. The molecule has 5 rings (SSSR count). The van der Waals surface area contributed by atoms with E-state index in [0.29, 0.717) is 18.3 Å². The van der Waals surface area contributed by atoms with Crippen LogP contribution in [-0.2, 0) is 14.8 Å². The molecule has 0 radical (unpaired) electrons. The third-order valence-electron chi connectivity index (χ3n) is 6.25. The highest BCUT2D eigenvalue weighted by molar-refractivity contribution is 7.88. The maximum Gasteiger partial charge on any atom is 0.209 e. The fourth-order valence-electron chi connectivity index (χ4n) is 4.84. The van der Waals surface area contributed by atoms with Crippen LogP contribution in [0.15, 0.2) is 18.2 Å². The Balaban J connectivity index is 1.63. The Labute approximate surface area is 166 Å². The second kappa shape index (κ2) is 8.26. The molecule has 2 atom stereocenters. The van der Waals surface area contributed by atoms with Crippen molar-refractivity contribution in [2.45, 2.75) is 62.6 Å². The number of hydrogen-bond donors (Lipinski definition) is 1. The fraction of sp³-hybridized carbons (Fsp3) is 0.700. The van der Waals surface area contributed by atoms with Gasteiger partial charge in [-0.1, -0.05) is 12.1 Å². The van der Waals surface area contributed by atoms with Gasteiger partial charge in [-0.2, -0.15) is 0 Å². The minimum absolute atomic E-state index is 0.129. The van der Waals surface area contributed by atoms with E-state index in [0.717, 1.165) is 50.6 Å². The van der Waals surface area contributed by atoms with E-state index in [4.69, 9.17) is 9.47 Å². The predicted octanol–water partition coefficient (Wildman–Crippen LogP) is 2.60. The van der Waals surface area contributed by atoms with Crippen LogP contribution < -0.4 is 9.46 Å². The van der Waals surface area contributed by atoms with Crippen molar-refractivity contribution in [2.75, 3.05) is 26.1 Å². The highest BCUT2D eigenvalue weighted by Gasteiger charge is 2.36. The van der Waals surface area contributed by atoms with E-state index in [1.807, 2.05) is 6.07 Å². The zero-order valence-corrected chi connectivity index (χ0v) is 17.1. The minimum atomic E-state index is -3.32. The molecule has 0 unspecified atom stereocenters. The maximum atomic E-state index is 14.6. The van der Waals surface area contributed by atoms with Crippen LogP contribution in [0, 0.1) is 5.82 Å². The number of ether oxygens (including phenoxy) is 2. The van der Waals surface area contributed by atoms with Crippen molar-refractivity contribution >= 4 is 10.0 Å². The highest BCUT2D eigenvalue weighted by atomic mass is 32.2. The van der Waals surface area contributed by atoms with E-state index in [1.165, 1.54) is 12.3 Å². The predicted molar refractivity (Wildman–Crippen MR) is 104 cm³/mol. The topological polar surface area (TPSA) is 67.9 Å². The molecule has 1 aromatic rings. The van der Waals surface area contributed by atoms with Gasteiger partial charge in [-0.15, -0.1) is 0 Å². The van der Waals surface area contributed by atoms with E-state index < -0.39 is 10.0 Å². The van der Waals surface area contributed by atoms with Crippen molar-refractivity contribution in [3.05, 3.63) is 29.6 Å². The van der Waals surface area contributed by atoms with E-state index in [-0.39, 0.29) is 30.7 Å². The number of rotatable bonds is 2. The van der Waals surface area contributed by atoms with Crippen molar-refractivity contribution in [1.29, 1.82) is 0 Å². The summed E-state index contributed by atoms with van der Waals surface area (Å²) < 4.78 is 53.2. The Morgan fingerprint density at radius 2 is 1.96 bits per heavy atom. The van der Waals surface area contributed by atoms with Gasteiger partial charge in [-0.25, -0.2) is 17.5 Å². The summed E-state index contributed by atoms with van der Waals surface area (Å²) in [6, 6.07) is 4.81. The fourth-order valence-corrected chi connectivity index (χ4v) is 5.67. The molecule has 6 nitrogen and oxygen atoms in total. The number of sulfonamides is 1. The van der Waals surface area contributed by atoms with Crippen LogP contribution in [-0.4, -0.2) is 57.6 Å². The van der Waals surface area contributed by atoms with Gasteiger partial charge in [0, 0.05) is 18.2 Å². The van der Waals surface area contributed by atoms with Gasteiger partial charge in [0.2, 0.25) is 10.0 Å². The number of para-hydroxylation sites is 1. The lowest BCUT2D eigenvalue weighted by atomic mass is 9.82. The number of fused-ring (bicyclic) bond motifs is 4. The number of nitrogens with one attached hydrogen (secondary N) is 1. The molecule has 3 aliphatic heterocycles. The van der Waals surface area contributed by atoms with Crippen LogP contribution >= 0.6 is 0 Å². The molecule has 0 spiro atoms. The summed E-state index contributed by atoms with van der Waals surface area (Å²) in [7, 11) is -3.32. The molecule has 156 valence electrons. The summed E-state index contributed by atoms with van der Waals surface area (Å²) in [5, 5.41) is 0. The van der Waals surface area contributed by atoms with Gasteiger partial charge in [0.1, 0.15) is 6.73 Å². The minimum Gasteiger partial charge on any atom is -0.475 e. The number of benzene rings is 1. The molecular formula is C20H29FN2O4S. The molecule has 28 heavy (non-hydrogen) atoms. The molecule has 1 aromatic carbocycles. The smallest absolute Gasteiger partial charge is 0.209 e. The molecule has 0 aromatic heterocycles.